The van der Waals surface area contributed by atoms with Crippen LogP contribution in [-0.4, -0.2) is 17.2 Å². The van der Waals surface area contributed by atoms with Gasteiger partial charge in [-0.25, -0.2) is 0 Å². The summed E-state index contributed by atoms with van der Waals surface area (Å²) in [5.74, 6) is -0.808. The van der Waals surface area contributed by atoms with Crippen molar-refractivity contribution >= 4 is 17.3 Å². The van der Waals surface area contributed by atoms with Gasteiger partial charge in [0.2, 0.25) is 0 Å². The van der Waals surface area contributed by atoms with E-state index in [-0.39, 0.29) is 12.0 Å². The maximum absolute atomic E-state index is 10.8. The van der Waals surface area contributed by atoms with E-state index < -0.39 is 5.97 Å². The molecule has 0 bridgehead atoms. The number of hydrogen-bond acceptors (Lipinski definition) is 3. The highest BCUT2D eigenvalue weighted by molar-refractivity contribution is 7.11. The zero-order valence-corrected chi connectivity index (χ0v) is 11.5. The summed E-state index contributed by atoms with van der Waals surface area (Å²) in [6.07, 6.45) is 4.59. The minimum atomic E-state index is -0.653. The lowest BCUT2D eigenvalue weighted by atomic mass is 9.87. The van der Waals surface area contributed by atoms with Crippen LogP contribution in [0.4, 0.5) is 0 Å². The van der Waals surface area contributed by atoms with Crippen molar-refractivity contribution in [2.24, 2.45) is 5.92 Å². The number of aliphatic carboxylic acids is 1. The van der Waals surface area contributed by atoms with E-state index in [0.717, 1.165) is 32.1 Å². The van der Waals surface area contributed by atoms with Gasteiger partial charge < -0.3 is 9.84 Å². The molecule has 0 aromatic carbocycles. The Bertz CT molecular complexity index is 391. The van der Waals surface area contributed by atoms with Gasteiger partial charge in [0.1, 0.15) is 0 Å². The van der Waals surface area contributed by atoms with Crippen molar-refractivity contribution in [3.8, 4) is 0 Å². The summed E-state index contributed by atoms with van der Waals surface area (Å²) >= 11 is 1.81. The predicted molar refractivity (Wildman–Crippen MR) is 71.9 cm³/mol. The minimum absolute atomic E-state index is 0.154. The molecule has 0 radical (unpaired) electrons. The van der Waals surface area contributed by atoms with Crippen LogP contribution in [0, 0.1) is 5.92 Å². The van der Waals surface area contributed by atoms with Gasteiger partial charge in [0.05, 0.1) is 18.6 Å². The van der Waals surface area contributed by atoms with Gasteiger partial charge in [-0.05, 0) is 44.2 Å². The molecule has 0 amide bonds. The molecular weight excluding hydrogens is 248 g/mol. The van der Waals surface area contributed by atoms with Crippen molar-refractivity contribution in [1.82, 2.24) is 0 Å². The second-order valence-corrected chi connectivity index (χ2v) is 6.10. The fourth-order valence-corrected chi connectivity index (χ4v) is 3.25. The summed E-state index contributed by atoms with van der Waals surface area (Å²) in [5.41, 5.74) is 0. The first-order valence-electron chi connectivity index (χ1n) is 6.61. The first-order valence-corrected chi connectivity index (χ1v) is 7.42. The van der Waals surface area contributed by atoms with Crippen molar-refractivity contribution in [3.05, 3.63) is 21.9 Å². The SMILES string of the molecule is CCc1ccc(COC2CCC(C(=O)O)CC2)s1. The van der Waals surface area contributed by atoms with Crippen LogP contribution >= 0.6 is 11.3 Å². The lowest BCUT2D eigenvalue weighted by molar-refractivity contribution is -0.143. The monoisotopic (exact) mass is 268 g/mol. The van der Waals surface area contributed by atoms with E-state index in [0.29, 0.717) is 6.61 Å². The summed E-state index contributed by atoms with van der Waals surface area (Å²) in [5, 5.41) is 8.92. The van der Waals surface area contributed by atoms with Crippen LogP contribution in [-0.2, 0) is 22.6 Å². The predicted octanol–water partition coefficient (Wildman–Crippen LogP) is 3.47. The molecule has 1 fully saturated rings. The summed E-state index contributed by atoms with van der Waals surface area (Å²) in [7, 11) is 0. The molecule has 18 heavy (non-hydrogen) atoms. The molecule has 1 saturated carbocycles. The summed E-state index contributed by atoms with van der Waals surface area (Å²) in [4.78, 5) is 13.5. The van der Waals surface area contributed by atoms with Gasteiger partial charge in [-0.1, -0.05) is 6.92 Å². The van der Waals surface area contributed by atoms with Crippen molar-refractivity contribution in [3.63, 3.8) is 0 Å². The quantitative estimate of drug-likeness (QED) is 0.889. The largest absolute Gasteiger partial charge is 0.481 e. The number of carbonyl (C=O) groups is 1. The molecule has 2 rings (SSSR count). The highest BCUT2D eigenvalue weighted by Gasteiger charge is 2.26. The molecule has 1 aromatic heterocycles. The van der Waals surface area contributed by atoms with Gasteiger partial charge in [-0.15, -0.1) is 11.3 Å². The molecule has 0 unspecified atom stereocenters. The van der Waals surface area contributed by atoms with E-state index in [2.05, 4.69) is 19.1 Å². The lowest BCUT2D eigenvalue weighted by Crippen LogP contribution is -2.25. The number of rotatable bonds is 5. The normalized spacial score (nSPS) is 24.1. The van der Waals surface area contributed by atoms with Crippen molar-refractivity contribution in [1.29, 1.82) is 0 Å². The summed E-state index contributed by atoms with van der Waals surface area (Å²) in [6.45, 7) is 2.83. The van der Waals surface area contributed by atoms with Crippen molar-refractivity contribution in [2.45, 2.75) is 51.7 Å². The van der Waals surface area contributed by atoms with Crippen LogP contribution in [0.1, 0.15) is 42.4 Å². The second-order valence-electron chi connectivity index (χ2n) is 4.84. The fourth-order valence-electron chi connectivity index (χ4n) is 2.37. The van der Waals surface area contributed by atoms with Gasteiger partial charge in [-0.2, -0.15) is 0 Å². The molecule has 0 aliphatic heterocycles. The van der Waals surface area contributed by atoms with E-state index in [1.165, 1.54) is 9.75 Å². The Morgan fingerprint density at radius 3 is 2.56 bits per heavy atom. The average molecular weight is 268 g/mol. The highest BCUT2D eigenvalue weighted by Crippen LogP contribution is 2.27. The topological polar surface area (TPSA) is 46.5 Å². The molecule has 3 nitrogen and oxygen atoms in total. The Balaban J connectivity index is 1.73. The number of carboxylic acids is 1. The smallest absolute Gasteiger partial charge is 0.306 e. The minimum Gasteiger partial charge on any atom is -0.481 e. The molecule has 1 aliphatic rings. The maximum atomic E-state index is 10.8. The maximum Gasteiger partial charge on any atom is 0.306 e. The Morgan fingerprint density at radius 1 is 1.33 bits per heavy atom. The van der Waals surface area contributed by atoms with Gasteiger partial charge in [0.15, 0.2) is 0 Å². The van der Waals surface area contributed by atoms with Gasteiger partial charge >= 0.3 is 5.97 Å². The Kier molecular flexibility index (Phi) is 4.78. The standard InChI is InChI=1S/C14H20O3S/c1-2-12-7-8-13(18-12)9-17-11-5-3-10(4-6-11)14(15)16/h7-8,10-11H,2-6,9H2,1H3,(H,15,16). The van der Waals surface area contributed by atoms with Gasteiger partial charge in [0.25, 0.3) is 0 Å². The number of thiophene rings is 1. The van der Waals surface area contributed by atoms with Crippen LogP contribution in [0.3, 0.4) is 0 Å². The highest BCUT2D eigenvalue weighted by atomic mass is 32.1. The number of aryl methyl sites for hydroxylation is 1. The molecule has 1 aliphatic carbocycles. The number of ether oxygens (including phenoxy) is 1. The molecule has 4 heteroatoms. The number of carboxylic acid groups (broad SMARTS) is 1. The fraction of sp³-hybridized carbons (Fsp3) is 0.643. The Morgan fingerprint density at radius 2 is 2.00 bits per heavy atom. The third kappa shape index (κ3) is 3.56. The molecule has 0 saturated heterocycles. The zero-order valence-electron chi connectivity index (χ0n) is 10.7. The van der Waals surface area contributed by atoms with Crippen LogP contribution < -0.4 is 0 Å². The molecule has 0 spiro atoms. The molecule has 100 valence electrons. The van der Waals surface area contributed by atoms with E-state index in [4.69, 9.17) is 9.84 Å². The third-order valence-electron chi connectivity index (χ3n) is 3.55. The molecule has 1 aromatic rings. The van der Waals surface area contributed by atoms with E-state index in [1.807, 2.05) is 11.3 Å². The molecule has 1 N–H and O–H groups in total. The van der Waals surface area contributed by atoms with Crippen LogP contribution in [0.5, 0.6) is 0 Å². The number of hydrogen-bond donors (Lipinski definition) is 1. The van der Waals surface area contributed by atoms with Crippen LogP contribution in [0.15, 0.2) is 12.1 Å². The first-order chi connectivity index (χ1) is 8.69. The summed E-state index contributed by atoms with van der Waals surface area (Å²) < 4.78 is 5.87. The third-order valence-corrected chi connectivity index (χ3v) is 4.75. The van der Waals surface area contributed by atoms with Gasteiger partial charge in [0, 0.05) is 9.75 Å². The van der Waals surface area contributed by atoms with Crippen LogP contribution in [0.2, 0.25) is 0 Å². The average Bonchev–Trinajstić information content (AvgIpc) is 2.85. The first kappa shape index (κ1) is 13.6. The van der Waals surface area contributed by atoms with Gasteiger partial charge in [-0.3, -0.25) is 4.79 Å². The van der Waals surface area contributed by atoms with E-state index in [9.17, 15) is 4.79 Å². The summed E-state index contributed by atoms with van der Waals surface area (Å²) in [6, 6.07) is 4.29. The van der Waals surface area contributed by atoms with E-state index >= 15 is 0 Å². The molecular formula is C14H20O3S. The van der Waals surface area contributed by atoms with Crippen molar-refractivity contribution < 1.29 is 14.6 Å². The molecule has 1 heterocycles. The Labute approximate surface area is 112 Å². The van der Waals surface area contributed by atoms with E-state index in [1.54, 1.807) is 0 Å². The lowest BCUT2D eigenvalue weighted by Gasteiger charge is -2.25. The molecule has 0 atom stereocenters. The zero-order chi connectivity index (χ0) is 13.0. The second kappa shape index (κ2) is 6.34. The Hall–Kier alpha value is -0.870. The van der Waals surface area contributed by atoms with Crippen molar-refractivity contribution in [2.75, 3.05) is 0 Å². The van der Waals surface area contributed by atoms with Crippen LogP contribution in [0.25, 0.3) is 0 Å².